The highest BCUT2D eigenvalue weighted by molar-refractivity contribution is 7.89. The number of piperidine rings is 1. The molecule has 0 unspecified atom stereocenters. The number of nitrogens with zero attached hydrogens (tertiary/aromatic N) is 2. The van der Waals surface area contributed by atoms with Crippen molar-refractivity contribution in [3.8, 4) is 11.3 Å². The molecule has 10 heteroatoms. The molecule has 184 valence electrons. The van der Waals surface area contributed by atoms with Gasteiger partial charge in [-0.25, -0.2) is 13.2 Å². The van der Waals surface area contributed by atoms with Crippen LogP contribution < -0.4 is 5.32 Å². The van der Waals surface area contributed by atoms with Crippen molar-refractivity contribution in [2.75, 3.05) is 25.0 Å². The molecule has 0 aliphatic carbocycles. The van der Waals surface area contributed by atoms with Crippen molar-refractivity contribution in [3.05, 3.63) is 65.4 Å². The fourth-order valence-electron chi connectivity index (χ4n) is 3.84. The van der Waals surface area contributed by atoms with Crippen molar-refractivity contribution < 1.29 is 22.7 Å². The van der Waals surface area contributed by atoms with E-state index in [0.717, 1.165) is 30.4 Å². The van der Waals surface area contributed by atoms with Gasteiger partial charge in [0.05, 0.1) is 10.6 Å². The lowest BCUT2D eigenvalue weighted by molar-refractivity contribution is -0.119. The monoisotopic (exact) mass is 496 g/mol. The third kappa shape index (κ3) is 5.77. The number of rotatable bonds is 7. The number of ether oxygens (including phenoxy) is 1. The number of aromatic nitrogens is 2. The second kappa shape index (κ2) is 10.4. The van der Waals surface area contributed by atoms with E-state index in [0.29, 0.717) is 30.0 Å². The zero-order valence-corrected chi connectivity index (χ0v) is 20.5. The number of carbonyl (C=O) groups is 2. The average molecular weight is 497 g/mol. The number of esters is 1. The molecule has 1 fully saturated rings. The van der Waals surface area contributed by atoms with Gasteiger partial charge in [0.25, 0.3) is 5.91 Å². The Morgan fingerprint density at radius 3 is 2.46 bits per heavy atom. The van der Waals surface area contributed by atoms with E-state index in [1.54, 1.807) is 25.1 Å². The fourth-order valence-corrected chi connectivity index (χ4v) is 5.39. The summed E-state index contributed by atoms with van der Waals surface area (Å²) in [5.74, 6) is -1.29. The number of H-pyrrole nitrogens is 1. The maximum absolute atomic E-state index is 13.0. The Labute approximate surface area is 204 Å². The molecule has 35 heavy (non-hydrogen) atoms. The molecule has 1 aliphatic heterocycles. The van der Waals surface area contributed by atoms with Crippen molar-refractivity contribution in [2.45, 2.75) is 38.0 Å². The first-order valence-electron chi connectivity index (χ1n) is 11.4. The smallest absolute Gasteiger partial charge is 0.356 e. The molecule has 3 aromatic rings. The minimum absolute atomic E-state index is 0.124. The van der Waals surface area contributed by atoms with Gasteiger partial charge >= 0.3 is 5.97 Å². The molecule has 2 aromatic carbocycles. The van der Waals surface area contributed by atoms with Crippen molar-refractivity contribution in [3.63, 3.8) is 0 Å². The van der Waals surface area contributed by atoms with E-state index >= 15 is 0 Å². The summed E-state index contributed by atoms with van der Waals surface area (Å²) in [5, 5.41) is 9.40. The molecule has 9 nitrogen and oxygen atoms in total. The van der Waals surface area contributed by atoms with E-state index in [1.807, 2.05) is 31.2 Å². The number of sulfonamides is 1. The van der Waals surface area contributed by atoms with Gasteiger partial charge in [0.1, 0.15) is 5.69 Å². The summed E-state index contributed by atoms with van der Waals surface area (Å²) >= 11 is 0. The third-order valence-corrected chi connectivity index (χ3v) is 7.81. The van der Waals surface area contributed by atoms with E-state index in [9.17, 15) is 18.0 Å². The van der Waals surface area contributed by atoms with Crippen LogP contribution in [0.4, 0.5) is 5.69 Å². The number of nitrogens with one attached hydrogen (secondary N) is 2. The van der Waals surface area contributed by atoms with Crippen LogP contribution in [0.2, 0.25) is 0 Å². The highest BCUT2D eigenvalue weighted by Gasteiger charge is 2.26. The van der Waals surface area contributed by atoms with Gasteiger partial charge in [-0.2, -0.15) is 9.40 Å². The van der Waals surface area contributed by atoms with Crippen LogP contribution in [-0.4, -0.2) is 54.5 Å². The molecule has 0 atom stereocenters. The van der Waals surface area contributed by atoms with Crippen molar-refractivity contribution in [1.82, 2.24) is 14.5 Å². The summed E-state index contributed by atoms with van der Waals surface area (Å²) in [6, 6.07) is 13.9. The first-order chi connectivity index (χ1) is 16.7. The number of hydrogen-bond donors (Lipinski definition) is 2. The van der Waals surface area contributed by atoms with Gasteiger partial charge in [-0.05, 0) is 50.5 Å². The van der Waals surface area contributed by atoms with Gasteiger partial charge < -0.3 is 10.1 Å². The molecule has 2 N–H and O–H groups in total. The van der Waals surface area contributed by atoms with E-state index in [2.05, 4.69) is 15.5 Å². The lowest BCUT2D eigenvalue weighted by Gasteiger charge is -2.26. The van der Waals surface area contributed by atoms with E-state index in [1.165, 1.54) is 10.4 Å². The number of carbonyl (C=O) groups excluding carboxylic acids is 2. The Morgan fingerprint density at radius 1 is 1.03 bits per heavy atom. The second-order valence-electron chi connectivity index (χ2n) is 8.60. The number of anilines is 1. The first-order valence-corrected chi connectivity index (χ1v) is 12.9. The Balaban J connectivity index is 1.37. The van der Waals surface area contributed by atoms with Crippen LogP contribution >= 0.6 is 0 Å². The molecule has 4 rings (SSSR count). The number of hydrogen-bond acceptors (Lipinski definition) is 6. The molecule has 0 saturated carbocycles. The van der Waals surface area contributed by atoms with Crippen molar-refractivity contribution >= 4 is 27.6 Å². The third-order valence-electron chi connectivity index (χ3n) is 5.92. The summed E-state index contributed by atoms with van der Waals surface area (Å²) in [5.41, 5.74) is 3.71. The van der Waals surface area contributed by atoms with Crippen LogP contribution in [0.15, 0.2) is 53.4 Å². The minimum atomic E-state index is -3.64. The minimum Gasteiger partial charge on any atom is -0.451 e. The highest BCUT2D eigenvalue weighted by atomic mass is 32.2. The summed E-state index contributed by atoms with van der Waals surface area (Å²) in [6.45, 7) is 4.20. The molecular formula is C25H28N4O5S. The molecule has 1 amide bonds. The maximum Gasteiger partial charge on any atom is 0.356 e. The van der Waals surface area contributed by atoms with Gasteiger partial charge in [-0.3, -0.25) is 9.89 Å². The second-order valence-corrected chi connectivity index (χ2v) is 10.5. The van der Waals surface area contributed by atoms with Crippen LogP contribution in [0.5, 0.6) is 0 Å². The average Bonchev–Trinajstić information content (AvgIpc) is 3.35. The number of amides is 1. The lowest BCUT2D eigenvalue weighted by atomic mass is 10.1. The molecule has 1 aromatic heterocycles. The van der Waals surface area contributed by atoms with Crippen LogP contribution in [0.3, 0.4) is 0 Å². The van der Waals surface area contributed by atoms with E-state index < -0.39 is 28.5 Å². The molecule has 2 heterocycles. The molecule has 1 saturated heterocycles. The van der Waals surface area contributed by atoms with Gasteiger partial charge in [0.15, 0.2) is 6.61 Å². The predicted octanol–water partition coefficient (Wildman–Crippen LogP) is 3.66. The van der Waals surface area contributed by atoms with E-state index in [-0.39, 0.29) is 10.6 Å². The lowest BCUT2D eigenvalue weighted by Crippen LogP contribution is -2.35. The molecule has 0 bridgehead atoms. The zero-order chi connectivity index (χ0) is 25.0. The van der Waals surface area contributed by atoms with Gasteiger partial charge in [-0.15, -0.1) is 0 Å². The van der Waals surface area contributed by atoms with Crippen LogP contribution in [-0.2, 0) is 19.6 Å². The summed E-state index contributed by atoms with van der Waals surface area (Å²) in [7, 11) is -3.64. The highest BCUT2D eigenvalue weighted by Crippen LogP contribution is 2.25. The molecule has 1 aliphatic rings. The van der Waals surface area contributed by atoms with Crippen LogP contribution in [0, 0.1) is 13.8 Å². The van der Waals surface area contributed by atoms with Gasteiger partial charge in [0, 0.05) is 24.3 Å². The standard InChI is InChI=1S/C25H28N4O5S/c1-17-6-9-19(10-7-17)22-15-23(28-27-22)25(31)34-16-24(30)26-21-14-20(11-8-18(21)2)35(32,33)29-12-4-3-5-13-29/h6-11,14-15H,3-5,12-13,16H2,1-2H3,(H,26,30)(H,27,28). The molecular weight excluding hydrogens is 468 g/mol. The summed E-state index contributed by atoms with van der Waals surface area (Å²) < 4.78 is 32.5. The molecule has 0 spiro atoms. The predicted molar refractivity (Wildman–Crippen MR) is 131 cm³/mol. The largest absolute Gasteiger partial charge is 0.451 e. The SMILES string of the molecule is Cc1ccc(-c2cc(C(=O)OCC(=O)Nc3cc(S(=O)(=O)N4CCCCC4)ccc3C)[nH]n2)cc1. The normalized spacial score (nSPS) is 14.5. The summed E-state index contributed by atoms with van der Waals surface area (Å²) in [6.07, 6.45) is 2.69. The molecule has 0 radical (unpaired) electrons. The van der Waals surface area contributed by atoms with Gasteiger partial charge in [0.2, 0.25) is 10.0 Å². The number of aromatic amines is 1. The fraction of sp³-hybridized carbons (Fsp3) is 0.320. The van der Waals surface area contributed by atoms with E-state index in [4.69, 9.17) is 4.74 Å². The summed E-state index contributed by atoms with van der Waals surface area (Å²) in [4.78, 5) is 24.9. The Hall–Kier alpha value is -3.50. The first kappa shape index (κ1) is 24.6. The van der Waals surface area contributed by atoms with Gasteiger partial charge in [-0.1, -0.05) is 42.3 Å². The van der Waals surface area contributed by atoms with Crippen molar-refractivity contribution in [2.24, 2.45) is 0 Å². The van der Waals surface area contributed by atoms with Crippen LogP contribution in [0.25, 0.3) is 11.3 Å². The Morgan fingerprint density at radius 2 is 1.74 bits per heavy atom. The zero-order valence-electron chi connectivity index (χ0n) is 19.7. The Bertz CT molecular complexity index is 1330. The number of aryl methyl sites for hydroxylation is 2. The van der Waals surface area contributed by atoms with Crippen LogP contribution in [0.1, 0.15) is 40.9 Å². The number of benzene rings is 2. The van der Waals surface area contributed by atoms with Crippen molar-refractivity contribution in [1.29, 1.82) is 0 Å². The topological polar surface area (TPSA) is 121 Å². The quantitative estimate of drug-likeness (QED) is 0.482. The maximum atomic E-state index is 13.0. The Kier molecular flexibility index (Phi) is 7.32.